The summed E-state index contributed by atoms with van der Waals surface area (Å²) < 4.78 is 5.00. The third-order valence-electron chi connectivity index (χ3n) is 3.42. The minimum atomic E-state index is -0.737. The van der Waals surface area contributed by atoms with Crippen molar-refractivity contribution in [3.63, 3.8) is 0 Å². The fourth-order valence-electron chi connectivity index (χ4n) is 2.10. The summed E-state index contributed by atoms with van der Waals surface area (Å²) in [6, 6.07) is 19.3. The minimum Gasteiger partial charge on any atom is -0.481 e. The highest BCUT2D eigenvalue weighted by molar-refractivity contribution is 5.69. The van der Waals surface area contributed by atoms with Crippen LogP contribution in [0.1, 0.15) is 38.0 Å². The molecule has 0 radical (unpaired) electrons. The normalized spacial score (nSPS) is 12.3. The van der Waals surface area contributed by atoms with Crippen LogP contribution in [0, 0.1) is 5.92 Å². The van der Waals surface area contributed by atoms with Crippen LogP contribution in [0.5, 0.6) is 0 Å². The van der Waals surface area contributed by atoms with E-state index in [0.29, 0.717) is 6.42 Å². The van der Waals surface area contributed by atoms with Crippen molar-refractivity contribution >= 4 is 11.9 Å². The molecule has 128 valence electrons. The fourth-order valence-corrected chi connectivity index (χ4v) is 2.10. The molecule has 0 aliphatic carbocycles. The number of hydrogen-bond donors (Lipinski definition) is 1. The second kappa shape index (κ2) is 10.2. The molecule has 4 nitrogen and oxygen atoms in total. The predicted molar refractivity (Wildman–Crippen MR) is 93.6 cm³/mol. The topological polar surface area (TPSA) is 63.6 Å². The van der Waals surface area contributed by atoms with E-state index in [1.54, 1.807) is 6.92 Å². The summed E-state index contributed by atoms with van der Waals surface area (Å²) in [5.74, 6) is -1.28. The average molecular weight is 328 g/mol. The van der Waals surface area contributed by atoms with Crippen molar-refractivity contribution in [2.75, 3.05) is 0 Å². The first kappa shape index (κ1) is 19.4. The van der Waals surface area contributed by atoms with E-state index < -0.39 is 5.97 Å². The highest BCUT2D eigenvalue weighted by Crippen LogP contribution is 2.15. The fraction of sp³-hybridized carbons (Fsp3) is 0.300. The number of carbonyl (C=O) groups is 2. The Kier molecular flexibility index (Phi) is 8.26. The molecule has 0 spiro atoms. The molecule has 0 aliphatic rings. The summed E-state index contributed by atoms with van der Waals surface area (Å²) in [6.45, 7) is 4.99. The van der Waals surface area contributed by atoms with Gasteiger partial charge in [0.2, 0.25) is 0 Å². The molecule has 0 aliphatic heterocycles. The maximum atomic E-state index is 10.6. The molecule has 2 aromatic rings. The van der Waals surface area contributed by atoms with Gasteiger partial charge in [-0.25, -0.2) is 0 Å². The first-order chi connectivity index (χ1) is 11.4. The smallest absolute Gasteiger partial charge is 0.306 e. The largest absolute Gasteiger partial charge is 0.481 e. The molecule has 0 heterocycles. The standard InChI is InChI=1S/2C10H12O2/c1-8(12-9(2)11)10-6-4-3-5-7-10;1-8(10(11)12)7-9-5-3-2-4-6-9/h3-8H,1-2H3;2-6,8H,7H2,1H3,(H,11,12). The van der Waals surface area contributed by atoms with Crippen LogP contribution in [-0.2, 0) is 20.7 Å². The van der Waals surface area contributed by atoms with E-state index in [4.69, 9.17) is 9.84 Å². The Balaban J connectivity index is 0.000000240. The first-order valence-corrected chi connectivity index (χ1v) is 7.89. The van der Waals surface area contributed by atoms with Crippen LogP contribution in [0.4, 0.5) is 0 Å². The molecule has 2 unspecified atom stereocenters. The monoisotopic (exact) mass is 328 g/mol. The number of ether oxygens (including phenoxy) is 1. The molecule has 2 atom stereocenters. The lowest BCUT2D eigenvalue weighted by molar-refractivity contribution is -0.146. The van der Waals surface area contributed by atoms with Crippen molar-refractivity contribution in [3.05, 3.63) is 71.8 Å². The van der Waals surface area contributed by atoms with E-state index in [1.165, 1.54) is 6.92 Å². The number of rotatable bonds is 5. The van der Waals surface area contributed by atoms with E-state index >= 15 is 0 Å². The zero-order chi connectivity index (χ0) is 17.9. The minimum absolute atomic E-state index is 0.149. The Bertz CT molecular complexity index is 623. The Morgan fingerprint density at radius 2 is 1.46 bits per heavy atom. The number of carboxylic acid groups (broad SMARTS) is 1. The number of hydrogen-bond acceptors (Lipinski definition) is 3. The molecule has 0 bridgehead atoms. The molecule has 0 saturated carbocycles. The van der Waals surface area contributed by atoms with E-state index in [2.05, 4.69) is 0 Å². The highest BCUT2D eigenvalue weighted by Gasteiger charge is 2.10. The maximum absolute atomic E-state index is 10.6. The lowest BCUT2D eigenvalue weighted by Crippen LogP contribution is -2.11. The van der Waals surface area contributed by atoms with E-state index in [0.717, 1.165) is 11.1 Å². The molecular formula is C20H24O4. The lowest BCUT2D eigenvalue weighted by Gasteiger charge is -2.11. The Hall–Kier alpha value is -2.62. The predicted octanol–water partition coefficient (Wildman–Crippen LogP) is 4.26. The van der Waals surface area contributed by atoms with Gasteiger partial charge >= 0.3 is 11.9 Å². The molecule has 0 aromatic heterocycles. The summed E-state index contributed by atoms with van der Waals surface area (Å²) in [6.07, 6.45) is 0.458. The van der Waals surface area contributed by atoms with Crippen LogP contribution in [0.3, 0.4) is 0 Å². The molecule has 0 saturated heterocycles. The lowest BCUT2D eigenvalue weighted by atomic mass is 10.0. The van der Waals surface area contributed by atoms with Gasteiger partial charge < -0.3 is 9.84 Å². The Morgan fingerprint density at radius 3 is 1.92 bits per heavy atom. The third-order valence-corrected chi connectivity index (χ3v) is 3.42. The molecule has 2 rings (SSSR count). The van der Waals surface area contributed by atoms with Crippen LogP contribution < -0.4 is 0 Å². The second-order valence-electron chi connectivity index (χ2n) is 5.59. The van der Waals surface area contributed by atoms with Crippen LogP contribution in [0.25, 0.3) is 0 Å². The number of benzene rings is 2. The first-order valence-electron chi connectivity index (χ1n) is 7.89. The molecule has 24 heavy (non-hydrogen) atoms. The SMILES string of the molecule is CC(=O)OC(C)c1ccccc1.CC(Cc1ccccc1)C(=O)O. The summed E-state index contributed by atoms with van der Waals surface area (Å²) in [7, 11) is 0. The van der Waals surface area contributed by atoms with Gasteiger partial charge in [0.25, 0.3) is 0 Å². The zero-order valence-electron chi connectivity index (χ0n) is 14.3. The van der Waals surface area contributed by atoms with Gasteiger partial charge in [-0.05, 0) is 24.5 Å². The summed E-state index contributed by atoms with van der Waals surface area (Å²) in [4.78, 5) is 21.1. The van der Waals surface area contributed by atoms with Gasteiger partial charge in [0, 0.05) is 6.92 Å². The van der Waals surface area contributed by atoms with Crippen LogP contribution in [-0.4, -0.2) is 17.0 Å². The van der Waals surface area contributed by atoms with E-state index in [1.807, 2.05) is 67.6 Å². The number of carboxylic acids is 1. The number of carbonyl (C=O) groups excluding carboxylic acids is 1. The van der Waals surface area contributed by atoms with Gasteiger partial charge in [0.15, 0.2) is 0 Å². The Morgan fingerprint density at radius 1 is 0.958 bits per heavy atom. The Labute approximate surface area is 143 Å². The van der Waals surface area contributed by atoms with Crippen molar-refractivity contribution in [1.29, 1.82) is 0 Å². The van der Waals surface area contributed by atoms with Crippen molar-refractivity contribution in [1.82, 2.24) is 0 Å². The van der Waals surface area contributed by atoms with Gasteiger partial charge in [-0.2, -0.15) is 0 Å². The van der Waals surface area contributed by atoms with Crippen LogP contribution >= 0.6 is 0 Å². The number of esters is 1. The van der Waals surface area contributed by atoms with Crippen molar-refractivity contribution in [2.45, 2.75) is 33.3 Å². The molecule has 0 amide bonds. The van der Waals surface area contributed by atoms with Gasteiger partial charge in [0.05, 0.1) is 5.92 Å². The highest BCUT2D eigenvalue weighted by atomic mass is 16.5. The van der Waals surface area contributed by atoms with Crippen molar-refractivity contribution in [2.24, 2.45) is 5.92 Å². The summed E-state index contributed by atoms with van der Waals surface area (Å²) >= 11 is 0. The molecule has 0 fully saturated rings. The molecule has 4 heteroatoms. The molecule has 1 N–H and O–H groups in total. The van der Waals surface area contributed by atoms with E-state index in [9.17, 15) is 9.59 Å². The average Bonchev–Trinajstić information content (AvgIpc) is 2.56. The van der Waals surface area contributed by atoms with Crippen molar-refractivity contribution < 1.29 is 19.4 Å². The van der Waals surface area contributed by atoms with E-state index in [-0.39, 0.29) is 18.0 Å². The van der Waals surface area contributed by atoms with Gasteiger partial charge in [-0.3, -0.25) is 9.59 Å². The quantitative estimate of drug-likeness (QED) is 0.833. The zero-order valence-corrected chi connectivity index (χ0v) is 14.3. The summed E-state index contributed by atoms with van der Waals surface area (Å²) in [5.41, 5.74) is 2.10. The van der Waals surface area contributed by atoms with Gasteiger partial charge in [0.1, 0.15) is 6.10 Å². The van der Waals surface area contributed by atoms with Crippen LogP contribution in [0.2, 0.25) is 0 Å². The summed E-state index contributed by atoms with van der Waals surface area (Å²) in [5, 5.41) is 8.64. The molecule has 2 aromatic carbocycles. The second-order valence-corrected chi connectivity index (χ2v) is 5.59. The van der Waals surface area contributed by atoms with Gasteiger partial charge in [-0.15, -0.1) is 0 Å². The number of aliphatic carboxylic acids is 1. The third kappa shape index (κ3) is 7.58. The molecular weight excluding hydrogens is 304 g/mol. The van der Waals surface area contributed by atoms with Crippen molar-refractivity contribution in [3.8, 4) is 0 Å². The van der Waals surface area contributed by atoms with Crippen LogP contribution in [0.15, 0.2) is 60.7 Å². The maximum Gasteiger partial charge on any atom is 0.306 e. The van der Waals surface area contributed by atoms with Gasteiger partial charge in [-0.1, -0.05) is 67.6 Å².